The maximum Gasteiger partial charge on any atom is 0.240 e. The lowest BCUT2D eigenvalue weighted by atomic mass is 10.1. The third-order valence-electron chi connectivity index (χ3n) is 4.37. The molecule has 0 aromatic heterocycles. The highest BCUT2D eigenvalue weighted by Crippen LogP contribution is 2.30. The van der Waals surface area contributed by atoms with Gasteiger partial charge in [0, 0.05) is 24.7 Å². The Balaban J connectivity index is 1.74. The van der Waals surface area contributed by atoms with Gasteiger partial charge in [0.1, 0.15) is 5.82 Å². The third-order valence-corrected chi connectivity index (χ3v) is 5.77. The third kappa shape index (κ3) is 3.78. The van der Waals surface area contributed by atoms with E-state index in [1.165, 1.54) is 18.2 Å². The van der Waals surface area contributed by atoms with Crippen LogP contribution in [0, 0.1) is 11.7 Å². The second-order valence-electron chi connectivity index (χ2n) is 6.64. The second kappa shape index (κ2) is 7.17. The van der Waals surface area contributed by atoms with Crippen molar-refractivity contribution >= 4 is 21.6 Å². The monoisotopic (exact) mass is 376 g/mol. The zero-order valence-electron chi connectivity index (χ0n) is 14.7. The molecule has 0 radical (unpaired) electrons. The number of rotatable bonds is 5. The van der Waals surface area contributed by atoms with Crippen molar-refractivity contribution in [1.29, 1.82) is 0 Å². The lowest BCUT2D eigenvalue weighted by molar-refractivity contribution is -0.121. The van der Waals surface area contributed by atoms with Crippen LogP contribution in [0.1, 0.15) is 25.0 Å². The van der Waals surface area contributed by atoms with Gasteiger partial charge in [-0.2, -0.15) is 0 Å². The Kier molecular flexibility index (Phi) is 5.11. The molecule has 26 heavy (non-hydrogen) atoms. The van der Waals surface area contributed by atoms with E-state index in [2.05, 4.69) is 4.72 Å². The van der Waals surface area contributed by atoms with E-state index in [1.54, 1.807) is 11.0 Å². The molecular weight excluding hydrogens is 355 g/mol. The van der Waals surface area contributed by atoms with Gasteiger partial charge in [0.15, 0.2) is 0 Å². The Bertz CT molecular complexity index is 942. The summed E-state index contributed by atoms with van der Waals surface area (Å²) in [7, 11) is -3.79. The number of benzene rings is 2. The Morgan fingerprint density at radius 3 is 2.69 bits per heavy atom. The summed E-state index contributed by atoms with van der Waals surface area (Å²) in [6, 6.07) is 10.5. The Morgan fingerprint density at radius 1 is 1.23 bits per heavy atom. The van der Waals surface area contributed by atoms with Gasteiger partial charge in [0.2, 0.25) is 15.9 Å². The highest BCUT2D eigenvalue weighted by atomic mass is 32.2. The SMILES string of the molecule is CC(C)C(=O)N1CCc2cc(CNS(=O)(=O)c3cccc(F)c3)ccc21. The van der Waals surface area contributed by atoms with Gasteiger partial charge in [-0.1, -0.05) is 32.0 Å². The number of carbonyl (C=O) groups excluding carboxylic acids is 1. The van der Waals surface area contributed by atoms with Gasteiger partial charge in [-0.05, 0) is 41.8 Å². The van der Waals surface area contributed by atoms with Crippen LogP contribution in [-0.2, 0) is 27.8 Å². The van der Waals surface area contributed by atoms with E-state index in [9.17, 15) is 17.6 Å². The predicted molar refractivity (Wildman–Crippen MR) is 97.8 cm³/mol. The van der Waals surface area contributed by atoms with E-state index < -0.39 is 15.8 Å². The molecule has 1 N–H and O–H groups in total. The summed E-state index contributed by atoms with van der Waals surface area (Å²) in [5.74, 6) is -0.581. The molecule has 0 aliphatic carbocycles. The number of fused-ring (bicyclic) bond motifs is 1. The number of sulfonamides is 1. The number of amides is 1. The number of nitrogens with zero attached hydrogens (tertiary/aromatic N) is 1. The minimum Gasteiger partial charge on any atom is -0.312 e. The molecular formula is C19H21FN2O3S. The van der Waals surface area contributed by atoms with E-state index in [4.69, 9.17) is 0 Å². The van der Waals surface area contributed by atoms with Crippen LogP contribution in [-0.4, -0.2) is 20.9 Å². The van der Waals surface area contributed by atoms with Gasteiger partial charge in [0.25, 0.3) is 0 Å². The molecule has 0 unspecified atom stereocenters. The first-order chi connectivity index (χ1) is 12.3. The summed E-state index contributed by atoms with van der Waals surface area (Å²) >= 11 is 0. The number of hydrogen-bond donors (Lipinski definition) is 1. The molecule has 0 saturated heterocycles. The van der Waals surface area contributed by atoms with Crippen molar-refractivity contribution in [2.24, 2.45) is 5.92 Å². The Morgan fingerprint density at radius 2 is 2.00 bits per heavy atom. The van der Waals surface area contributed by atoms with Crippen molar-refractivity contribution < 1.29 is 17.6 Å². The molecule has 0 spiro atoms. The van der Waals surface area contributed by atoms with Crippen LogP contribution in [0.5, 0.6) is 0 Å². The lowest BCUT2D eigenvalue weighted by Gasteiger charge is -2.19. The van der Waals surface area contributed by atoms with Gasteiger partial charge < -0.3 is 4.90 Å². The van der Waals surface area contributed by atoms with Gasteiger partial charge >= 0.3 is 0 Å². The number of carbonyl (C=O) groups is 1. The van der Waals surface area contributed by atoms with Crippen LogP contribution in [0.15, 0.2) is 47.4 Å². The smallest absolute Gasteiger partial charge is 0.240 e. The van der Waals surface area contributed by atoms with Crippen LogP contribution < -0.4 is 9.62 Å². The highest BCUT2D eigenvalue weighted by molar-refractivity contribution is 7.89. The molecule has 0 saturated carbocycles. The van der Waals surface area contributed by atoms with Crippen LogP contribution in [0.2, 0.25) is 0 Å². The topological polar surface area (TPSA) is 66.5 Å². The second-order valence-corrected chi connectivity index (χ2v) is 8.41. The van der Waals surface area contributed by atoms with Crippen molar-refractivity contribution in [3.63, 3.8) is 0 Å². The van der Waals surface area contributed by atoms with E-state index >= 15 is 0 Å². The number of anilines is 1. The van der Waals surface area contributed by atoms with E-state index in [0.29, 0.717) is 6.54 Å². The zero-order chi connectivity index (χ0) is 18.9. The molecule has 1 aliphatic rings. The molecule has 0 atom stereocenters. The van der Waals surface area contributed by atoms with Crippen molar-refractivity contribution in [3.8, 4) is 0 Å². The molecule has 0 fully saturated rings. The van der Waals surface area contributed by atoms with Gasteiger partial charge in [0.05, 0.1) is 4.90 Å². The van der Waals surface area contributed by atoms with E-state index in [1.807, 2.05) is 26.0 Å². The fourth-order valence-corrected chi connectivity index (χ4v) is 4.05. The van der Waals surface area contributed by atoms with Crippen LogP contribution in [0.25, 0.3) is 0 Å². The highest BCUT2D eigenvalue weighted by Gasteiger charge is 2.26. The molecule has 1 amide bonds. The largest absolute Gasteiger partial charge is 0.312 e. The average molecular weight is 376 g/mol. The quantitative estimate of drug-likeness (QED) is 0.873. The average Bonchev–Trinajstić information content (AvgIpc) is 3.02. The molecule has 5 nitrogen and oxygen atoms in total. The maximum atomic E-state index is 13.2. The summed E-state index contributed by atoms with van der Waals surface area (Å²) in [5.41, 5.74) is 2.71. The zero-order valence-corrected chi connectivity index (χ0v) is 15.5. The maximum absolute atomic E-state index is 13.2. The van der Waals surface area contributed by atoms with Gasteiger partial charge in [-0.3, -0.25) is 4.79 Å². The summed E-state index contributed by atoms with van der Waals surface area (Å²) < 4.78 is 40.3. The predicted octanol–water partition coefficient (Wildman–Crippen LogP) is 2.85. The van der Waals surface area contributed by atoms with Crippen LogP contribution in [0.3, 0.4) is 0 Å². The van der Waals surface area contributed by atoms with E-state index in [0.717, 1.165) is 29.3 Å². The normalized spacial score (nSPS) is 13.9. The first kappa shape index (κ1) is 18.5. The Labute approximate surface area is 152 Å². The molecule has 138 valence electrons. The fraction of sp³-hybridized carbons (Fsp3) is 0.316. The van der Waals surface area contributed by atoms with Gasteiger partial charge in [-0.25, -0.2) is 17.5 Å². The number of nitrogens with one attached hydrogen (secondary N) is 1. The Hall–Kier alpha value is -2.25. The number of hydrogen-bond acceptors (Lipinski definition) is 3. The van der Waals surface area contributed by atoms with Crippen molar-refractivity contribution in [3.05, 3.63) is 59.4 Å². The van der Waals surface area contributed by atoms with Crippen molar-refractivity contribution in [2.45, 2.75) is 31.7 Å². The fourth-order valence-electron chi connectivity index (χ4n) is 3.00. The summed E-state index contributed by atoms with van der Waals surface area (Å²) in [6.45, 7) is 4.49. The molecule has 7 heteroatoms. The van der Waals surface area contributed by atoms with Gasteiger partial charge in [-0.15, -0.1) is 0 Å². The minimum absolute atomic E-state index is 0.0706. The molecule has 2 aromatic carbocycles. The van der Waals surface area contributed by atoms with Crippen molar-refractivity contribution in [2.75, 3.05) is 11.4 Å². The molecule has 3 rings (SSSR count). The van der Waals surface area contributed by atoms with Crippen LogP contribution >= 0.6 is 0 Å². The number of halogens is 1. The first-order valence-electron chi connectivity index (χ1n) is 8.46. The molecule has 0 bridgehead atoms. The summed E-state index contributed by atoms with van der Waals surface area (Å²) in [4.78, 5) is 13.9. The molecule has 2 aromatic rings. The summed E-state index contributed by atoms with van der Waals surface area (Å²) in [5, 5.41) is 0. The van der Waals surface area contributed by atoms with E-state index in [-0.39, 0.29) is 23.3 Å². The van der Waals surface area contributed by atoms with Crippen LogP contribution in [0.4, 0.5) is 10.1 Å². The molecule has 1 aliphatic heterocycles. The lowest BCUT2D eigenvalue weighted by Crippen LogP contribution is -2.32. The molecule has 1 heterocycles. The van der Waals surface area contributed by atoms with Crippen molar-refractivity contribution in [1.82, 2.24) is 4.72 Å². The standard InChI is InChI=1S/C19H21FN2O3S/c1-13(2)19(23)22-9-8-15-10-14(6-7-18(15)22)12-21-26(24,25)17-5-3-4-16(20)11-17/h3-7,10-11,13,21H,8-9,12H2,1-2H3. The summed E-state index contributed by atoms with van der Waals surface area (Å²) in [6.07, 6.45) is 0.748. The minimum atomic E-state index is -3.79. The first-order valence-corrected chi connectivity index (χ1v) is 9.94.